The second-order valence-corrected chi connectivity index (χ2v) is 33.9. The fraction of sp³-hybridized carbons (Fsp3) is 1.00. The maximum atomic E-state index is 6.45. The summed E-state index contributed by atoms with van der Waals surface area (Å²) >= 11 is 0. The summed E-state index contributed by atoms with van der Waals surface area (Å²) in [5.41, 5.74) is 0. The molecule has 0 aliphatic rings. The maximum absolute atomic E-state index is 6.45. The second kappa shape index (κ2) is 8.88. The molecule has 0 aromatic rings. The molecule has 0 fully saturated rings. The average molecular weight is 397 g/mol. The van der Waals surface area contributed by atoms with E-state index in [9.17, 15) is 0 Å². The van der Waals surface area contributed by atoms with Crippen molar-refractivity contribution in [3.63, 3.8) is 0 Å². The molecule has 0 heterocycles. The van der Waals surface area contributed by atoms with Gasteiger partial charge in [0.15, 0.2) is 24.5 Å². The van der Waals surface area contributed by atoms with Gasteiger partial charge in [-0.15, -0.1) is 0 Å². The largest absolute Gasteiger partial charge is 0.439 e. The van der Waals surface area contributed by atoms with Gasteiger partial charge in [-0.05, 0) is 72.3 Å². The van der Waals surface area contributed by atoms with Crippen molar-refractivity contribution >= 4 is 42.1 Å². The topological polar surface area (TPSA) is 27.7 Å². The molecule has 0 spiro atoms. The van der Waals surface area contributed by atoms with Crippen LogP contribution in [0.5, 0.6) is 0 Å². The summed E-state index contributed by atoms with van der Waals surface area (Å²) in [6, 6.07) is 2.50. The van der Waals surface area contributed by atoms with Gasteiger partial charge >= 0.3 is 9.28 Å². The molecule has 0 saturated heterocycles. The Morgan fingerprint density at radius 2 is 1.18 bits per heavy atom. The van der Waals surface area contributed by atoms with Crippen molar-refractivity contribution < 1.29 is 12.7 Å². The predicted molar refractivity (Wildman–Crippen MR) is 112 cm³/mol. The Morgan fingerprint density at radius 3 is 1.50 bits per heavy atom. The van der Waals surface area contributed by atoms with Gasteiger partial charge in [-0.1, -0.05) is 12.6 Å². The molecule has 0 amide bonds. The van der Waals surface area contributed by atoms with Crippen LogP contribution in [-0.4, -0.2) is 48.2 Å². The first-order valence-electron chi connectivity index (χ1n) is 8.66. The highest BCUT2D eigenvalue weighted by atomic mass is 29.2. The Balaban J connectivity index is 4.67. The van der Waals surface area contributed by atoms with Gasteiger partial charge in [-0.3, -0.25) is 0 Å². The molecule has 0 aliphatic carbocycles. The zero-order valence-electron chi connectivity index (χ0n) is 16.9. The molecule has 22 heavy (non-hydrogen) atoms. The quantitative estimate of drug-likeness (QED) is 0.510. The Morgan fingerprint density at radius 1 is 0.773 bits per heavy atom. The molecule has 1 atom stereocenters. The second-order valence-electron chi connectivity index (χ2n) is 9.14. The van der Waals surface area contributed by atoms with Gasteiger partial charge in [0.05, 0.1) is 8.31 Å². The summed E-state index contributed by atoms with van der Waals surface area (Å²) in [5, 5.41) is 0. The lowest BCUT2D eigenvalue weighted by Crippen LogP contribution is -2.49. The molecule has 3 nitrogen and oxygen atoms in total. The lowest BCUT2D eigenvalue weighted by molar-refractivity contribution is 0.241. The highest BCUT2D eigenvalue weighted by Gasteiger charge is 2.35. The van der Waals surface area contributed by atoms with Crippen molar-refractivity contribution in [2.75, 3.05) is 0 Å². The van der Waals surface area contributed by atoms with Crippen molar-refractivity contribution in [2.45, 2.75) is 91.0 Å². The zero-order chi connectivity index (χ0) is 17.8. The Hall–Kier alpha value is 0.964. The highest BCUT2D eigenvalue weighted by molar-refractivity contribution is 7.29. The van der Waals surface area contributed by atoms with Crippen LogP contribution in [0.3, 0.4) is 0 Å². The molecule has 0 bridgehead atoms. The first-order valence-corrected chi connectivity index (χ1v) is 23.9. The summed E-state index contributed by atoms with van der Waals surface area (Å²) in [7, 11) is -6.86. The van der Waals surface area contributed by atoms with Gasteiger partial charge in [0.2, 0.25) is 0 Å². The van der Waals surface area contributed by atoms with E-state index in [1.54, 1.807) is 0 Å². The first kappa shape index (κ1) is 23.0. The zero-order valence-corrected chi connectivity index (χ0v) is 22.2. The van der Waals surface area contributed by atoms with Crippen LogP contribution < -0.4 is 0 Å². The third kappa shape index (κ3) is 11.5. The number of rotatable bonds is 10. The molecule has 134 valence electrons. The molecule has 0 radical (unpaired) electrons. The van der Waals surface area contributed by atoms with Crippen molar-refractivity contribution in [1.29, 1.82) is 0 Å². The Kier molecular flexibility index (Phi) is 9.27. The van der Waals surface area contributed by atoms with Crippen LogP contribution in [0.2, 0.25) is 71.0 Å². The molecular weight excluding hydrogens is 357 g/mol. The molecular formula is C14H40O3Si5. The SMILES string of the molecule is CC(C)O[Si](C)(C)[SiH](C)CC[SiH](O[Si](C)(C)C)O[Si](C)(C)C. The minimum atomic E-state index is -1.52. The van der Waals surface area contributed by atoms with E-state index in [4.69, 9.17) is 12.7 Å². The molecule has 0 aromatic heterocycles. The third-order valence-electron chi connectivity index (χ3n) is 3.53. The molecule has 1 unspecified atom stereocenters. The van der Waals surface area contributed by atoms with E-state index in [1.165, 1.54) is 12.1 Å². The van der Waals surface area contributed by atoms with Crippen molar-refractivity contribution in [3.8, 4) is 0 Å². The molecule has 0 saturated carbocycles. The van der Waals surface area contributed by atoms with Crippen molar-refractivity contribution in [3.05, 3.63) is 0 Å². The van der Waals surface area contributed by atoms with Crippen LogP contribution >= 0.6 is 0 Å². The van der Waals surface area contributed by atoms with Gasteiger partial charge in [-0.25, -0.2) is 0 Å². The molecule has 0 N–H and O–H groups in total. The van der Waals surface area contributed by atoms with E-state index >= 15 is 0 Å². The number of hydrogen-bond acceptors (Lipinski definition) is 3. The number of hydrogen-bond donors (Lipinski definition) is 0. The van der Waals surface area contributed by atoms with Gasteiger partial charge in [0, 0.05) is 6.10 Å². The first-order chi connectivity index (χ1) is 9.62. The van der Waals surface area contributed by atoms with Crippen LogP contribution in [0.1, 0.15) is 13.8 Å². The standard InChI is InChI=1S/C14H40O3Si5/c1-14(2)15-22(10,11)18(3)12-13-19(16-20(4,5)6)17-21(7,8)9/h14,18-19H,12-13H2,1-11H3. The van der Waals surface area contributed by atoms with Gasteiger partial charge in [-0.2, -0.15) is 0 Å². The summed E-state index contributed by atoms with van der Waals surface area (Å²) in [5.74, 6) is 0. The fourth-order valence-electron chi connectivity index (χ4n) is 2.39. The van der Waals surface area contributed by atoms with E-state index in [2.05, 4.69) is 72.8 Å². The lowest BCUT2D eigenvalue weighted by atomic mass is 10.5. The van der Waals surface area contributed by atoms with E-state index in [0.29, 0.717) is 6.10 Å². The van der Waals surface area contributed by atoms with Gasteiger partial charge in [0.1, 0.15) is 0 Å². The van der Waals surface area contributed by atoms with Gasteiger partial charge in [0.25, 0.3) is 0 Å². The summed E-state index contributed by atoms with van der Waals surface area (Å²) in [4.78, 5) is 0. The molecule has 0 aromatic carbocycles. The van der Waals surface area contributed by atoms with E-state index in [1.807, 2.05) is 0 Å². The van der Waals surface area contributed by atoms with Crippen LogP contribution in [0.4, 0.5) is 0 Å². The third-order valence-corrected chi connectivity index (χ3v) is 25.8. The minimum absolute atomic E-state index is 0.362. The van der Waals surface area contributed by atoms with Crippen LogP contribution in [0.25, 0.3) is 0 Å². The smallest absolute Gasteiger partial charge is 0.300 e. The van der Waals surface area contributed by atoms with Crippen LogP contribution in [0.15, 0.2) is 0 Å². The van der Waals surface area contributed by atoms with Crippen molar-refractivity contribution in [1.82, 2.24) is 0 Å². The fourth-order valence-corrected chi connectivity index (χ4v) is 20.6. The van der Waals surface area contributed by atoms with E-state index in [-0.39, 0.29) is 0 Å². The normalized spacial score (nSPS) is 15.7. The lowest BCUT2D eigenvalue weighted by Gasteiger charge is -2.34. The van der Waals surface area contributed by atoms with E-state index in [0.717, 1.165) is 0 Å². The maximum Gasteiger partial charge on any atom is 0.300 e. The Bertz CT molecular complexity index is 307. The van der Waals surface area contributed by atoms with Crippen molar-refractivity contribution in [2.24, 2.45) is 0 Å². The summed E-state index contributed by atoms with van der Waals surface area (Å²) in [6.45, 7) is 25.3. The summed E-state index contributed by atoms with van der Waals surface area (Å²) in [6.07, 6.45) is 0.362. The monoisotopic (exact) mass is 396 g/mol. The van der Waals surface area contributed by atoms with Crippen LogP contribution in [0, 0.1) is 0 Å². The highest BCUT2D eigenvalue weighted by Crippen LogP contribution is 2.21. The van der Waals surface area contributed by atoms with E-state index < -0.39 is 42.1 Å². The molecule has 8 heteroatoms. The molecule has 0 rings (SSSR count). The minimum Gasteiger partial charge on any atom is -0.439 e. The average Bonchev–Trinajstić information content (AvgIpc) is 2.18. The predicted octanol–water partition coefficient (Wildman–Crippen LogP) is 4.48. The molecule has 0 aliphatic heterocycles. The van der Waals surface area contributed by atoms with Crippen LogP contribution in [-0.2, 0) is 12.7 Å². The Labute approximate surface area is 145 Å². The summed E-state index contributed by atoms with van der Waals surface area (Å²) < 4.78 is 19.2. The van der Waals surface area contributed by atoms with Gasteiger partial charge < -0.3 is 12.7 Å².